The van der Waals surface area contributed by atoms with Gasteiger partial charge in [0, 0.05) is 11.6 Å². The third-order valence-corrected chi connectivity index (χ3v) is 3.44. The Balaban J connectivity index is 2.31. The molecule has 2 aromatic carbocycles. The summed E-state index contributed by atoms with van der Waals surface area (Å²) in [5.74, 6) is 0. The van der Waals surface area contributed by atoms with Crippen LogP contribution in [-0.2, 0) is 6.42 Å². The van der Waals surface area contributed by atoms with E-state index in [4.69, 9.17) is 11.6 Å². The molecule has 6 nitrogen and oxygen atoms in total. The second-order valence-corrected chi connectivity index (χ2v) is 4.94. The Labute approximate surface area is 125 Å². The minimum Gasteiger partial charge on any atom is -0.258 e. The Morgan fingerprint density at radius 1 is 1.00 bits per heavy atom. The maximum absolute atomic E-state index is 11.1. The number of hydrogen-bond donors (Lipinski definition) is 0. The maximum atomic E-state index is 11.1. The second kappa shape index (κ2) is 6.32. The first-order valence-electron chi connectivity index (χ1n) is 6.09. The van der Waals surface area contributed by atoms with E-state index < -0.39 is 15.2 Å². The van der Waals surface area contributed by atoms with Gasteiger partial charge < -0.3 is 0 Å². The Kier molecular flexibility index (Phi) is 4.49. The van der Waals surface area contributed by atoms with E-state index in [1.165, 1.54) is 12.1 Å². The van der Waals surface area contributed by atoms with Crippen molar-refractivity contribution in [2.75, 3.05) is 0 Å². The van der Waals surface area contributed by atoms with Crippen LogP contribution < -0.4 is 0 Å². The van der Waals surface area contributed by atoms with Gasteiger partial charge in [0.05, 0.1) is 21.3 Å². The van der Waals surface area contributed by atoms with Gasteiger partial charge in [0.15, 0.2) is 0 Å². The van der Waals surface area contributed by atoms with E-state index in [9.17, 15) is 20.2 Å². The topological polar surface area (TPSA) is 86.3 Å². The molecule has 2 aromatic rings. The van der Waals surface area contributed by atoms with E-state index in [2.05, 4.69) is 0 Å². The van der Waals surface area contributed by atoms with Crippen molar-refractivity contribution >= 4 is 23.0 Å². The van der Waals surface area contributed by atoms with Crippen molar-refractivity contribution in [2.45, 2.75) is 11.8 Å². The molecule has 1 atom stereocenters. The number of alkyl halides is 1. The lowest BCUT2D eigenvalue weighted by Gasteiger charge is -2.10. The van der Waals surface area contributed by atoms with Crippen LogP contribution in [0.5, 0.6) is 0 Å². The van der Waals surface area contributed by atoms with Gasteiger partial charge >= 0.3 is 0 Å². The van der Waals surface area contributed by atoms with Crippen molar-refractivity contribution in [2.24, 2.45) is 0 Å². The van der Waals surface area contributed by atoms with Crippen molar-refractivity contribution < 1.29 is 9.85 Å². The number of hydrogen-bond acceptors (Lipinski definition) is 4. The summed E-state index contributed by atoms with van der Waals surface area (Å²) in [6.45, 7) is 0. The van der Waals surface area contributed by atoms with Gasteiger partial charge in [0.1, 0.15) is 0 Å². The normalized spacial score (nSPS) is 11.9. The van der Waals surface area contributed by atoms with E-state index in [1.807, 2.05) is 30.3 Å². The first kappa shape index (κ1) is 14.9. The average molecular weight is 307 g/mol. The van der Waals surface area contributed by atoms with Gasteiger partial charge in [0.25, 0.3) is 11.4 Å². The monoisotopic (exact) mass is 306 g/mol. The lowest BCUT2D eigenvalue weighted by atomic mass is 10.0. The van der Waals surface area contributed by atoms with Crippen LogP contribution in [0.25, 0.3) is 0 Å². The summed E-state index contributed by atoms with van der Waals surface area (Å²) >= 11 is 6.26. The second-order valence-electron chi connectivity index (χ2n) is 4.41. The average Bonchev–Trinajstić information content (AvgIpc) is 2.48. The maximum Gasteiger partial charge on any atom is 0.279 e. The van der Waals surface area contributed by atoms with Crippen molar-refractivity contribution in [3.63, 3.8) is 0 Å². The van der Waals surface area contributed by atoms with Crippen LogP contribution in [0.1, 0.15) is 16.5 Å². The Bertz CT molecular complexity index is 676. The summed E-state index contributed by atoms with van der Waals surface area (Å²) in [6.07, 6.45) is 0.222. The van der Waals surface area contributed by atoms with Gasteiger partial charge in [-0.2, -0.15) is 0 Å². The van der Waals surface area contributed by atoms with Crippen LogP contribution in [-0.4, -0.2) is 9.85 Å². The van der Waals surface area contributed by atoms with Gasteiger partial charge in [-0.25, -0.2) is 0 Å². The molecule has 0 aliphatic carbocycles. The first-order chi connectivity index (χ1) is 9.99. The predicted octanol–water partition coefficient (Wildman–Crippen LogP) is 4.03. The number of non-ortho nitro benzene ring substituents is 1. The fourth-order valence-electron chi connectivity index (χ4n) is 1.98. The quantitative estimate of drug-likeness (QED) is 0.474. The first-order valence-corrected chi connectivity index (χ1v) is 6.53. The summed E-state index contributed by atoms with van der Waals surface area (Å²) in [4.78, 5) is 20.5. The summed E-state index contributed by atoms with van der Waals surface area (Å²) in [6, 6.07) is 12.8. The highest BCUT2D eigenvalue weighted by Crippen LogP contribution is 2.31. The Hall–Kier alpha value is -2.47. The van der Waals surface area contributed by atoms with Crippen molar-refractivity contribution in [3.8, 4) is 0 Å². The minimum absolute atomic E-state index is 0.222. The molecule has 0 spiro atoms. The van der Waals surface area contributed by atoms with Gasteiger partial charge in [-0.15, -0.1) is 11.6 Å². The molecule has 0 radical (unpaired) electrons. The molecule has 7 heteroatoms. The Morgan fingerprint density at radius 2 is 1.67 bits per heavy atom. The predicted molar refractivity (Wildman–Crippen MR) is 78.5 cm³/mol. The lowest BCUT2D eigenvalue weighted by molar-refractivity contribution is -0.394. The number of benzene rings is 2. The summed E-state index contributed by atoms with van der Waals surface area (Å²) in [5, 5.41) is 21.3. The molecule has 0 aliphatic heterocycles. The molecule has 0 heterocycles. The van der Waals surface area contributed by atoms with E-state index in [1.54, 1.807) is 0 Å². The van der Waals surface area contributed by atoms with Gasteiger partial charge in [-0.1, -0.05) is 30.3 Å². The van der Waals surface area contributed by atoms with Crippen LogP contribution >= 0.6 is 11.6 Å². The van der Waals surface area contributed by atoms with Crippen LogP contribution in [0.2, 0.25) is 0 Å². The number of halogens is 1. The molecular formula is C14H11ClN2O4. The van der Waals surface area contributed by atoms with E-state index in [0.29, 0.717) is 5.56 Å². The number of rotatable bonds is 5. The van der Waals surface area contributed by atoms with E-state index in [0.717, 1.165) is 11.6 Å². The molecule has 108 valence electrons. The lowest BCUT2D eigenvalue weighted by Crippen LogP contribution is -2.01. The molecule has 2 rings (SSSR count). The molecule has 0 fully saturated rings. The summed E-state index contributed by atoms with van der Waals surface area (Å²) in [5.41, 5.74) is 0.614. The summed E-state index contributed by atoms with van der Waals surface area (Å²) < 4.78 is 0. The third kappa shape index (κ3) is 3.55. The van der Waals surface area contributed by atoms with Gasteiger partial charge in [-0.3, -0.25) is 20.2 Å². The molecule has 0 saturated heterocycles. The van der Waals surface area contributed by atoms with Crippen LogP contribution in [0.15, 0.2) is 48.5 Å². The zero-order chi connectivity index (χ0) is 15.4. The van der Waals surface area contributed by atoms with Crippen LogP contribution in [0.3, 0.4) is 0 Å². The molecule has 0 saturated carbocycles. The molecule has 0 N–H and O–H groups in total. The van der Waals surface area contributed by atoms with Crippen LogP contribution in [0.4, 0.5) is 11.4 Å². The number of nitrogens with zero attached hydrogens (tertiary/aromatic N) is 2. The summed E-state index contributed by atoms with van der Waals surface area (Å²) in [7, 11) is 0. The van der Waals surface area contributed by atoms with Crippen LogP contribution in [0, 0.1) is 20.2 Å². The highest BCUT2D eigenvalue weighted by molar-refractivity contribution is 6.20. The van der Waals surface area contributed by atoms with Crippen molar-refractivity contribution in [1.82, 2.24) is 0 Å². The van der Waals surface area contributed by atoms with E-state index in [-0.39, 0.29) is 17.8 Å². The fourth-order valence-corrected chi connectivity index (χ4v) is 2.29. The Morgan fingerprint density at radius 3 is 2.24 bits per heavy atom. The molecule has 0 amide bonds. The third-order valence-electron chi connectivity index (χ3n) is 3.04. The number of nitro benzene ring substituents is 2. The highest BCUT2D eigenvalue weighted by atomic mass is 35.5. The zero-order valence-electron chi connectivity index (χ0n) is 10.8. The molecule has 1 unspecified atom stereocenters. The minimum atomic E-state index is -0.661. The smallest absolute Gasteiger partial charge is 0.258 e. The van der Waals surface area contributed by atoms with Crippen molar-refractivity contribution in [3.05, 3.63) is 79.9 Å². The molecule has 0 aliphatic rings. The number of nitro groups is 2. The highest BCUT2D eigenvalue weighted by Gasteiger charge is 2.21. The largest absolute Gasteiger partial charge is 0.279 e. The van der Waals surface area contributed by atoms with E-state index >= 15 is 0 Å². The molecule has 0 aromatic heterocycles. The zero-order valence-corrected chi connectivity index (χ0v) is 11.6. The SMILES string of the molecule is O=[N+]([O-])c1ccc(CC(Cl)c2ccccc2)c([N+](=O)[O-])c1. The standard InChI is InChI=1S/C14H11ClN2O4/c15-13(10-4-2-1-3-5-10)8-11-6-7-12(16(18)19)9-14(11)17(20)21/h1-7,9,13H,8H2. The van der Waals surface area contributed by atoms with Crippen molar-refractivity contribution in [1.29, 1.82) is 0 Å². The molecule has 0 bridgehead atoms. The molecular weight excluding hydrogens is 296 g/mol. The van der Waals surface area contributed by atoms with Gasteiger partial charge in [-0.05, 0) is 18.1 Å². The fraction of sp³-hybridized carbons (Fsp3) is 0.143. The molecule has 21 heavy (non-hydrogen) atoms. The van der Waals surface area contributed by atoms with Gasteiger partial charge in [0.2, 0.25) is 0 Å².